The Hall–Kier alpha value is -2.40. The van der Waals surface area contributed by atoms with Crippen LogP contribution in [0.5, 0.6) is 5.75 Å². The molecular weight excluding hydrogens is 287 g/mol. The Bertz CT molecular complexity index is 695. The molecule has 2 aromatic carbocycles. The van der Waals surface area contributed by atoms with E-state index in [4.69, 9.17) is 9.47 Å². The number of hydrogen-bond acceptors (Lipinski definition) is 3. The van der Waals surface area contributed by atoms with Crippen LogP contribution in [0.15, 0.2) is 36.4 Å². The number of fused-ring (bicyclic) bond motifs is 1. The average Bonchev–Trinajstić information content (AvgIpc) is 2.98. The molecule has 5 heteroatoms. The van der Waals surface area contributed by atoms with Crippen LogP contribution in [0.4, 0.5) is 4.39 Å². The zero-order valence-electron chi connectivity index (χ0n) is 11.8. The topological polar surface area (TPSA) is 55.8 Å². The number of rotatable bonds is 5. The molecule has 0 saturated carbocycles. The van der Waals surface area contributed by atoms with Crippen LogP contribution in [-0.2, 0) is 24.4 Å². The third kappa shape index (κ3) is 2.94. The van der Waals surface area contributed by atoms with Gasteiger partial charge in [-0.1, -0.05) is 12.1 Å². The van der Waals surface area contributed by atoms with Gasteiger partial charge in [-0.3, -0.25) is 0 Å². The SMILES string of the molecule is O=C(O)c1ccc2c(c1COCc1ccc(F)cc1)CCO2. The molecule has 1 aliphatic heterocycles. The van der Waals surface area contributed by atoms with Crippen LogP contribution >= 0.6 is 0 Å². The van der Waals surface area contributed by atoms with E-state index in [2.05, 4.69) is 0 Å². The minimum Gasteiger partial charge on any atom is -0.493 e. The number of aromatic carboxylic acids is 1. The molecule has 1 N–H and O–H groups in total. The van der Waals surface area contributed by atoms with Crippen molar-refractivity contribution in [3.63, 3.8) is 0 Å². The number of benzene rings is 2. The van der Waals surface area contributed by atoms with Crippen molar-refractivity contribution in [1.82, 2.24) is 0 Å². The first-order chi connectivity index (χ1) is 10.6. The smallest absolute Gasteiger partial charge is 0.336 e. The number of carboxylic acids is 1. The van der Waals surface area contributed by atoms with E-state index in [1.807, 2.05) is 0 Å². The number of carboxylic acid groups (broad SMARTS) is 1. The summed E-state index contributed by atoms with van der Waals surface area (Å²) in [7, 11) is 0. The Kier molecular flexibility index (Phi) is 4.06. The summed E-state index contributed by atoms with van der Waals surface area (Å²) in [4.78, 5) is 11.4. The molecule has 0 amide bonds. The number of hydrogen-bond donors (Lipinski definition) is 1. The molecule has 0 radical (unpaired) electrons. The lowest BCUT2D eigenvalue weighted by molar-refractivity contribution is 0.0683. The maximum atomic E-state index is 12.8. The number of ether oxygens (including phenoxy) is 2. The van der Waals surface area contributed by atoms with Crippen molar-refractivity contribution in [2.24, 2.45) is 0 Å². The van der Waals surface area contributed by atoms with E-state index >= 15 is 0 Å². The first kappa shape index (κ1) is 14.5. The maximum Gasteiger partial charge on any atom is 0.336 e. The predicted molar refractivity (Wildman–Crippen MR) is 77.5 cm³/mol. The largest absolute Gasteiger partial charge is 0.493 e. The quantitative estimate of drug-likeness (QED) is 0.921. The summed E-state index contributed by atoms with van der Waals surface area (Å²) in [6, 6.07) is 9.27. The standard InChI is InChI=1S/C17H15FO4/c18-12-3-1-11(2-4-12)9-21-10-15-13-7-8-22-16(13)6-5-14(15)17(19)20/h1-6H,7-10H2,(H,19,20). The highest BCUT2D eigenvalue weighted by atomic mass is 19.1. The van der Waals surface area contributed by atoms with Crippen LogP contribution in [0.2, 0.25) is 0 Å². The molecular formula is C17H15FO4. The summed E-state index contributed by atoms with van der Waals surface area (Å²) in [5, 5.41) is 9.31. The van der Waals surface area contributed by atoms with Gasteiger partial charge in [0.15, 0.2) is 0 Å². The zero-order chi connectivity index (χ0) is 15.5. The molecule has 1 heterocycles. The second-order valence-corrected chi connectivity index (χ2v) is 5.09. The second kappa shape index (κ2) is 6.15. The Balaban J connectivity index is 1.75. The monoisotopic (exact) mass is 302 g/mol. The fourth-order valence-electron chi connectivity index (χ4n) is 2.56. The molecule has 0 spiro atoms. The molecule has 114 valence electrons. The van der Waals surface area contributed by atoms with Gasteiger partial charge in [0.1, 0.15) is 11.6 Å². The van der Waals surface area contributed by atoms with E-state index in [-0.39, 0.29) is 18.0 Å². The highest BCUT2D eigenvalue weighted by molar-refractivity contribution is 5.90. The lowest BCUT2D eigenvalue weighted by Gasteiger charge is -2.11. The van der Waals surface area contributed by atoms with Gasteiger partial charge in [0, 0.05) is 12.0 Å². The van der Waals surface area contributed by atoms with Crippen LogP contribution < -0.4 is 4.74 Å². The van der Waals surface area contributed by atoms with E-state index in [9.17, 15) is 14.3 Å². The maximum absolute atomic E-state index is 12.8. The van der Waals surface area contributed by atoms with Crippen molar-refractivity contribution in [2.75, 3.05) is 6.61 Å². The van der Waals surface area contributed by atoms with Crippen molar-refractivity contribution in [2.45, 2.75) is 19.6 Å². The van der Waals surface area contributed by atoms with Crippen molar-refractivity contribution >= 4 is 5.97 Å². The van der Waals surface area contributed by atoms with Gasteiger partial charge in [-0.05, 0) is 35.4 Å². The van der Waals surface area contributed by atoms with Crippen LogP contribution in [0, 0.1) is 5.82 Å². The van der Waals surface area contributed by atoms with Gasteiger partial charge < -0.3 is 14.6 Å². The van der Waals surface area contributed by atoms with Gasteiger partial charge in [-0.15, -0.1) is 0 Å². The van der Waals surface area contributed by atoms with Crippen LogP contribution in [-0.4, -0.2) is 17.7 Å². The van der Waals surface area contributed by atoms with Crippen molar-refractivity contribution in [1.29, 1.82) is 0 Å². The first-order valence-electron chi connectivity index (χ1n) is 6.98. The summed E-state index contributed by atoms with van der Waals surface area (Å²) >= 11 is 0. The van der Waals surface area contributed by atoms with Gasteiger partial charge in [-0.25, -0.2) is 9.18 Å². The Labute approximate surface area is 127 Å². The fraction of sp³-hybridized carbons (Fsp3) is 0.235. The molecule has 0 unspecified atom stereocenters. The van der Waals surface area contributed by atoms with Crippen LogP contribution in [0.3, 0.4) is 0 Å². The van der Waals surface area contributed by atoms with Crippen molar-refractivity contribution in [3.05, 3.63) is 64.5 Å². The summed E-state index contributed by atoms with van der Waals surface area (Å²) in [6.45, 7) is 1.04. The summed E-state index contributed by atoms with van der Waals surface area (Å²) in [5.74, 6) is -0.546. The molecule has 1 aliphatic rings. The molecule has 4 nitrogen and oxygen atoms in total. The lowest BCUT2D eigenvalue weighted by Crippen LogP contribution is -2.07. The number of halogens is 1. The van der Waals surface area contributed by atoms with E-state index in [0.29, 0.717) is 25.2 Å². The molecule has 0 aromatic heterocycles. The van der Waals surface area contributed by atoms with Crippen LogP contribution in [0.1, 0.15) is 27.0 Å². The van der Waals surface area contributed by atoms with Gasteiger partial charge in [0.05, 0.1) is 25.4 Å². The third-order valence-corrected chi connectivity index (χ3v) is 3.66. The van der Waals surface area contributed by atoms with Crippen LogP contribution in [0.25, 0.3) is 0 Å². The van der Waals surface area contributed by atoms with Gasteiger partial charge in [-0.2, -0.15) is 0 Å². The molecule has 22 heavy (non-hydrogen) atoms. The van der Waals surface area contributed by atoms with E-state index in [0.717, 1.165) is 16.9 Å². The van der Waals surface area contributed by atoms with E-state index in [1.165, 1.54) is 12.1 Å². The molecule has 0 bridgehead atoms. The minimum absolute atomic E-state index is 0.186. The average molecular weight is 302 g/mol. The molecule has 3 rings (SSSR count). The summed E-state index contributed by atoms with van der Waals surface area (Å²) in [5.41, 5.74) is 2.63. The fourth-order valence-corrected chi connectivity index (χ4v) is 2.56. The Morgan fingerprint density at radius 2 is 1.95 bits per heavy atom. The molecule has 0 fully saturated rings. The highest BCUT2D eigenvalue weighted by Gasteiger charge is 2.22. The summed E-state index contributed by atoms with van der Waals surface area (Å²) < 4.78 is 23.9. The van der Waals surface area contributed by atoms with Crippen molar-refractivity contribution < 1.29 is 23.8 Å². The number of carbonyl (C=O) groups is 1. The Morgan fingerprint density at radius 1 is 1.18 bits per heavy atom. The molecule has 0 aliphatic carbocycles. The molecule has 0 saturated heterocycles. The Morgan fingerprint density at radius 3 is 2.68 bits per heavy atom. The predicted octanol–water partition coefficient (Wildman–Crippen LogP) is 3.18. The summed E-state index contributed by atoms with van der Waals surface area (Å²) in [6.07, 6.45) is 0.686. The van der Waals surface area contributed by atoms with Gasteiger partial charge in [0.25, 0.3) is 0 Å². The lowest BCUT2D eigenvalue weighted by atomic mass is 9.99. The van der Waals surface area contributed by atoms with Crippen molar-refractivity contribution in [3.8, 4) is 5.75 Å². The first-order valence-corrected chi connectivity index (χ1v) is 6.98. The highest BCUT2D eigenvalue weighted by Crippen LogP contribution is 2.31. The van der Waals surface area contributed by atoms with E-state index < -0.39 is 5.97 Å². The molecule has 0 atom stereocenters. The van der Waals surface area contributed by atoms with E-state index in [1.54, 1.807) is 24.3 Å². The normalized spacial score (nSPS) is 12.8. The third-order valence-electron chi connectivity index (χ3n) is 3.66. The second-order valence-electron chi connectivity index (χ2n) is 5.09. The molecule has 2 aromatic rings. The zero-order valence-corrected chi connectivity index (χ0v) is 11.8. The van der Waals surface area contributed by atoms with Gasteiger partial charge in [0.2, 0.25) is 0 Å². The van der Waals surface area contributed by atoms with Gasteiger partial charge >= 0.3 is 5.97 Å². The minimum atomic E-state index is -0.977.